The predicted molar refractivity (Wildman–Crippen MR) is 121 cm³/mol. The van der Waals surface area contributed by atoms with Gasteiger partial charge in [0.2, 0.25) is 10.0 Å². The third-order valence-corrected chi connectivity index (χ3v) is 7.16. The van der Waals surface area contributed by atoms with E-state index in [1.165, 1.54) is 10.4 Å². The highest BCUT2D eigenvalue weighted by atomic mass is 127. The maximum Gasteiger partial charge on any atom is 0.252 e. The van der Waals surface area contributed by atoms with Gasteiger partial charge in [0.15, 0.2) is 0 Å². The number of nitrogens with two attached hydrogens (primary N) is 1. The van der Waals surface area contributed by atoms with Gasteiger partial charge >= 0.3 is 0 Å². The van der Waals surface area contributed by atoms with Crippen LogP contribution in [0.5, 0.6) is 5.75 Å². The number of rotatable bonds is 7. The molecule has 0 saturated carbocycles. The van der Waals surface area contributed by atoms with Crippen molar-refractivity contribution in [2.75, 3.05) is 26.0 Å². The van der Waals surface area contributed by atoms with Gasteiger partial charge in [0.25, 0.3) is 5.91 Å². The summed E-state index contributed by atoms with van der Waals surface area (Å²) in [5.74, 6) is -2.04. The van der Waals surface area contributed by atoms with Crippen LogP contribution in [0.15, 0.2) is 30.3 Å². The van der Waals surface area contributed by atoms with Gasteiger partial charge in [0.05, 0.1) is 18.4 Å². The zero-order chi connectivity index (χ0) is 22.8. The monoisotopic (exact) mass is 564 g/mol. The second-order valence-electron chi connectivity index (χ2n) is 7.66. The van der Waals surface area contributed by atoms with Crippen LogP contribution in [-0.4, -0.2) is 44.6 Å². The highest BCUT2D eigenvalue weighted by molar-refractivity contribution is 14.1. The third kappa shape index (κ3) is 6.13. The van der Waals surface area contributed by atoms with Crippen molar-refractivity contribution in [2.24, 2.45) is 11.7 Å². The van der Waals surface area contributed by atoms with Gasteiger partial charge in [-0.25, -0.2) is 21.5 Å². The van der Waals surface area contributed by atoms with E-state index in [0.717, 1.165) is 24.8 Å². The van der Waals surface area contributed by atoms with Crippen molar-refractivity contribution in [1.82, 2.24) is 4.31 Å². The van der Waals surface area contributed by atoms with Crippen LogP contribution < -0.4 is 10.5 Å². The molecule has 2 aromatic rings. The van der Waals surface area contributed by atoms with Crippen LogP contribution in [0.25, 0.3) is 0 Å². The Bertz CT molecular complexity index is 1100. The summed E-state index contributed by atoms with van der Waals surface area (Å²) in [6, 6.07) is 6.87. The lowest BCUT2D eigenvalue weighted by Crippen LogP contribution is -2.41. The Hall–Kier alpha value is -1.79. The lowest BCUT2D eigenvalue weighted by atomic mass is 9.97. The van der Waals surface area contributed by atoms with E-state index in [2.05, 4.69) is 0 Å². The van der Waals surface area contributed by atoms with E-state index < -0.39 is 27.6 Å². The van der Waals surface area contributed by atoms with Crippen LogP contribution >= 0.6 is 22.6 Å². The van der Waals surface area contributed by atoms with E-state index in [-0.39, 0.29) is 35.8 Å². The van der Waals surface area contributed by atoms with E-state index in [1.807, 2.05) is 22.6 Å². The Morgan fingerprint density at radius 1 is 1.26 bits per heavy atom. The summed E-state index contributed by atoms with van der Waals surface area (Å²) in [4.78, 5) is 12.2. The van der Waals surface area contributed by atoms with Crippen LogP contribution in [-0.2, 0) is 16.4 Å². The molecular weight excluding hydrogens is 541 g/mol. The van der Waals surface area contributed by atoms with E-state index in [4.69, 9.17) is 10.5 Å². The Morgan fingerprint density at radius 3 is 2.65 bits per heavy atom. The van der Waals surface area contributed by atoms with Gasteiger partial charge in [-0.05, 0) is 64.8 Å². The number of amides is 1. The third-order valence-electron chi connectivity index (χ3n) is 5.22. The molecule has 0 radical (unpaired) electrons. The van der Waals surface area contributed by atoms with Gasteiger partial charge in [0.1, 0.15) is 17.4 Å². The Labute approximate surface area is 193 Å². The standard InChI is InChI=1S/C21H23F2IN2O4S/c1-31(28,29)26-6-2-3-13(11-26)12-30-19-9-16(22)8-15(20(19)21(25)27)7-14-4-5-17(24)10-18(14)23/h4-5,8-10,13H,2-3,6-7,11-12H2,1H3,(H2,25,27). The maximum atomic E-state index is 14.3. The minimum Gasteiger partial charge on any atom is -0.492 e. The molecular formula is C21H23F2IN2O4S. The van der Waals surface area contributed by atoms with Crippen LogP contribution in [0.3, 0.4) is 0 Å². The van der Waals surface area contributed by atoms with E-state index in [9.17, 15) is 22.0 Å². The average molecular weight is 564 g/mol. The van der Waals surface area contributed by atoms with Gasteiger partial charge < -0.3 is 10.5 Å². The number of piperidine rings is 1. The number of hydrogen-bond donors (Lipinski definition) is 1. The van der Waals surface area contributed by atoms with Crippen molar-refractivity contribution >= 4 is 38.5 Å². The molecule has 6 nitrogen and oxygen atoms in total. The van der Waals surface area contributed by atoms with Crippen molar-refractivity contribution in [3.63, 3.8) is 0 Å². The van der Waals surface area contributed by atoms with Crippen LogP contribution in [0.1, 0.15) is 34.3 Å². The lowest BCUT2D eigenvalue weighted by molar-refractivity contribution is 0.0993. The molecule has 0 aliphatic carbocycles. The number of carbonyl (C=O) groups is 1. The summed E-state index contributed by atoms with van der Waals surface area (Å²) in [5.41, 5.74) is 6.07. The molecule has 3 rings (SSSR count). The second kappa shape index (κ2) is 9.78. The molecule has 0 spiro atoms. The summed E-state index contributed by atoms with van der Waals surface area (Å²) in [7, 11) is -3.31. The Kier molecular flexibility index (Phi) is 7.53. The maximum absolute atomic E-state index is 14.3. The van der Waals surface area contributed by atoms with E-state index in [0.29, 0.717) is 28.6 Å². The molecule has 1 aliphatic rings. The quantitative estimate of drug-likeness (QED) is 0.523. The molecule has 10 heteroatoms. The molecule has 1 unspecified atom stereocenters. The second-order valence-corrected chi connectivity index (χ2v) is 10.9. The van der Waals surface area contributed by atoms with Crippen molar-refractivity contribution < 1.29 is 26.7 Å². The van der Waals surface area contributed by atoms with Gasteiger partial charge in [-0.2, -0.15) is 0 Å². The minimum absolute atomic E-state index is 0.00451. The smallest absolute Gasteiger partial charge is 0.252 e. The lowest BCUT2D eigenvalue weighted by Gasteiger charge is -2.31. The zero-order valence-electron chi connectivity index (χ0n) is 16.9. The highest BCUT2D eigenvalue weighted by Gasteiger charge is 2.27. The highest BCUT2D eigenvalue weighted by Crippen LogP contribution is 2.29. The van der Waals surface area contributed by atoms with Crippen molar-refractivity contribution in [3.8, 4) is 5.75 Å². The molecule has 0 bridgehead atoms. The fourth-order valence-electron chi connectivity index (χ4n) is 3.71. The molecule has 2 N–H and O–H groups in total. The number of primary amides is 1. The number of halogens is 3. The molecule has 2 aromatic carbocycles. The van der Waals surface area contributed by atoms with E-state index >= 15 is 0 Å². The summed E-state index contributed by atoms with van der Waals surface area (Å²) in [6.07, 6.45) is 2.56. The van der Waals surface area contributed by atoms with Crippen molar-refractivity contribution in [1.29, 1.82) is 0 Å². The predicted octanol–water partition coefficient (Wildman–Crippen LogP) is 3.31. The summed E-state index contributed by atoms with van der Waals surface area (Å²) in [6.45, 7) is 0.849. The first-order valence-electron chi connectivity index (χ1n) is 9.68. The van der Waals surface area contributed by atoms with E-state index in [1.54, 1.807) is 12.1 Å². The topological polar surface area (TPSA) is 89.7 Å². The first-order valence-corrected chi connectivity index (χ1v) is 12.6. The Balaban J connectivity index is 1.84. The summed E-state index contributed by atoms with van der Waals surface area (Å²) in [5, 5.41) is 0. The number of nitrogens with zero attached hydrogens (tertiary/aromatic N) is 1. The van der Waals surface area contributed by atoms with Gasteiger partial charge in [-0.3, -0.25) is 4.79 Å². The largest absolute Gasteiger partial charge is 0.492 e. The first kappa shape index (κ1) is 23.9. The number of ether oxygens (including phenoxy) is 1. The van der Waals surface area contributed by atoms with Crippen molar-refractivity contribution in [2.45, 2.75) is 19.3 Å². The molecule has 1 saturated heterocycles. The fraction of sp³-hybridized carbons (Fsp3) is 0.381. The van der Waals surface area contributed by atoms with Crippen molar-refractivity contribution in [3.05, 3.63) is 62.2 Å². The fourth-order valence-corrected chi connectivity index (χ4v) is 5.11. The van der Waals surface area contributed by atoms with Gasteiger partial charge in [-0.1, -0.05) is 6.07 Å². The number of hydrogen-bond acceptors (Lipinski definition) is 4. The number of carbonyl (C=O) groups excluding carboxylic acids is 1. The minimum atomic E-state index is -3.31. The summed E-state index contributed by atoms with van der Waals surface area (Å²) >= 11 is 1.98. The molecule has 1 atom stereocenters. The Morgan fingerprint density at radius 2 is 2.00 bits per heavy atom. The van der Waals surface area contributed by atoms with Gasteiger partial charge in [0, 0.05) is 35.1 Å². The number of sulfonamides is 1. The van der Waals surface area contributed by atoms with Crippen LogP contribution in [0.4, 0.5) is 8.78 Å². The average Bonchev–Trinajstić information content (AvgIpc) is 2.67. The summed E-state index contributed by atoms with van der Waals surface area (Å²) < 4.78 is 60.1. The molecule has 1 amide bonds. The molecule has 1 aliphatic heterocycles. The number of benzene rings is 2. The molecule has 0 aromatic heterocycles. The first-order chi connectivity index (χ1) is 14.5. The molecule has 31 heavy (non-hydrogen) atoms. The molecule has 1 fully saturated rings. The SMILES string of the molecule is CS(=O)(=O)N1CCCC(COc2cc(F)cc(Cc3ccc(I)cc3F)c2C(N)=O)C1. The zero-order valence-corrected chi connectivity index (χ0v) is 19.9. The van der Waals surface area contributed by atoms with Gasteiger partial charge in [-0.15, -0.1) is 0 Å². The molecule has 168 valence electrons. The molecule has 1 heterocycles. The van der Waals surface area contributed by atoms with Crippen LogP contribution in [0.2, 0.25) is 0 Å². The van der Waals surface area contributed by atoms with Crippen LogP contribution in [0, 0.1) is 21.1 Å². The normalized spacial score (nSPS) is 17.5.